The second-order valence-electron chi connectivity index (χ2n) is 9.17. The van der Waals surface area contributed by atoms with E-state index in [0.717, 1.165) is 35.1 Å². The Bertz CT molecular complexity index is 1040. The first kappa shape index (κ1) is 24.7. The second kappa shape index (κ2) is 10.9. The number of carbonyl (C=O) groups is 3. The van der Waals surface area contributed by atoms with Crippen molar-refractivity contribution >= 4 is 18.0 Å². The molecular weight excluding hydrogens is 448 g/mol. The monoisotopic (exact) mass is 480 g/mol. The van der Waals surface area contributed by atoms with Gasteiger partial charge in [0.05, 0.1) is 12.5 Å². The van der Waals surface area contributed by atoms with E-state index in [2.05, 4.69) is 17.4 Å². The number of rotatable bonds is 8. The highest BCUT2D eigenvalue weighted by Crippen LogP contribution is 2.44. The van der Waals surface area contributed by atoms with Gasteiger partial charge in [-0.05, 0) is 48.4 Å². The van der Waals surface area contributed by atoms with Gasteiger partial charge in [-0.25, -0.2) is 4.79 Å². The van der Waals surface area contributed by atoms with Crippen molar-refractivity contribution in [2.45, 2.75) is 56.7 Å². The third-order valence-electron chi connectivity index (χ3n) is 7.04. The molecule has 2 aromatic carbocycles. The Kier molecular flexibility index (Phi) is 7.70. The van der Waals surface area contributed by atoms with Gasteiger partial charge in [0.15, 0.2) is 0 Å². The van der Waals surface area contributed by atoms with E-state index in [9.17, 15) is 19.5 Å². The zero-order valence-electron chi connectivity index (χ0n) is 20.1. The molecule has 0 spiro atoms. The number of carboxylic acids is 1. The number of nitrogens with one attached hydrogen (secondary N) is 1. The summed E-state index contributed by atoms with van der Waals surface area (Å²) in [5, 5.41) is 12.0. The zero-order chi connectivity index (χ0) is 24.9. The zero-order valence-corrected chi connectivity index (χ0v) is 20.1. The molecule has 2 aliphatic rings. The molecule has 0 saturated carbocycles. The summed E-state index contributed by atoms with van der Waals surface area (Å²) in [6.07, 6.45) is 0.839. The Morgan fingerprint density at radius 1 is 1.06 bits per heavy atom. The molecule has 8 heteroatoms. The van der Waals surface area contributed by atoms with Gasteiger partial charge in [-0.3, -0.25) is 9.59 Å². The number of fused-ring (bicyclic) bond motifs is 3. The van der Waals surface area contributed by atoms with Crippen LogP contribution in [0.25, 0.3) is 11.1 Å². The Morgan fingerprint density at radius 2 is 1.69 bits per heavy atom. The number of hydrogen-bond donors (Lipinski definition) is 2. The summed E-state index contributed by atoms with van der Waals surface area (Å²) in [7, 11) is 1.47. The van der Waals surface area contributed by atoms with Gasteiger partial charge in [0.1, 0.15) is 12.6 Å². The number of ether oxygens (including phenoxy) is 2. The quantitative estimate of drug-likeness (QED) is 0.596. The largest absolute Gasteiger partial charge is 0.481 e. The highest BCUT2D eigenvalue weighted by atomic mass is 16.5. The van der Waals surface area contributed by atoms with Crippen LogP contribution in [0.2, 0.25) is 0 Å². The molecule has 2 N–H and O–H groups in total. The van der Waals surface area contributed by atoms with E-state index in [0.29, 0.717) is 13.0 Å². The fraction of sp³-hybridized carbons (Fsp3) is 0.444. The van der Waals surface area contributed by atoms with Crippen LogP contribution in [0.15, 0.2) is 48.5 Å². The summed E-state index contributed by atoms with van der Waals surface area (Å²) in [4.78, 5) is 39.1. The van der Waals surface area contributed by atoms with E-state index in [1.165, 1.54) is 7.11 Å². The van der Waals surface area contributed by atoms with Crippen LogP contribution in [0.4, 0.5) is 4.79 Å². The number of carboxylic acid groups (broad SMARTS) is 1. The van der Waals surface area contributed by atoms with Gasteiger partial charge < -0.3 is 24.8 Å². The van der Waals surface area contributed by atoms with Crippen molar-refractivity contribution in [2.24, 2.45) is 0 Å². The second-order valence-corrected chi connectivity index (χ2v) is 9.17. The molecule has 3 atom stereocenters. The minimum absolute atomic E-state index is 0.0933. The normalized spacial score (nSPS) is 18.8. The summed E-state index contributed by atoms with van der Waals surface area (Å²) in [5.41, 5.74) is 4.47. The van der Waals surface area contributed by atoms with Gasteiger partial charge in [-0.15, -0.1) is 0 Å². The summed E-state index contributed by atoms with van der Waals surface area (Å²) < 4.78 is 11.0. The fourth-order valence-electron chi connectivity index (χ4n) is 5.17. The first-order valence-corrected chi connectivity index (χ1v) is 12.1. The molecule has 1 aliphatic heterocycles. The highest BCUT2D eigenvalue weighted by molar-refractivity contribution is 5.87. The Morgan fingerprint density at radius 3 is 2.29 bits per heavy atom. The maximum absolute atomic E-state index is 13.4. The van der Waals surface area contributed by atoms with Crippen molar-refractivity contribution in [1.82, 2.24) is 10.2 Å². The van der Waals surface area contributed by atoms with Crippen LogP contribution < -0.4 is 5.32 Å². The summed E-state index contributed by atoms with van der Waals surface area (Å²) in [6, 6.07) is 14.8. The lowest BCUT2D eigenvalue weighted by atomic mass is 9.97. The van der Waals surface area contributed by atoms with Crippen LogP contribution in [-0.4, -0.2) is 66.4 Å². The number of benzene rings is 2. The van der Waals surface area contributed by atoms with Gasteiger partial charge in [-0.1, -0.05) is 48.5 Å². The maximum atomic E-state index is 13.4. The summed E-state index contributed by atoms with van der Waals surface area (Å²) in [6.45, 7) is 2.28. The SMILES string of the molecule is COC(C)C(NC(=O)OCC1c2ccccc2-c2ccccc21)C(=O)N1CCCCC1CC(=O)O. The van der Waals surface area contributed by atoms with E-state index in [4.69, 9.17) is 9.47 Å². The Hall–Kier alpha value is -3.39. The van der Waals surface area contributed by atoms with Crippen LogP contribution in [0.3, 0.4) is 0 Å². The molecule has 8 nitrogen and oxygen atoms in total. The predicted molar refractivity (Wildman–Crippen MR) is 130 cm³/mol. The average molecular weight is 481 g/mol. The minimum atomic E-state index is -0.981. The van der Waals surface area contributed by atoms with Crippen molar-refractivity contribution in [3.05, 3.63) is 59.7 Å². The maximum Gasteiger partial charge on any atom is 0.407 e. The van der Waals surface area contributed by atoms with Crippen molar-refractivity contribution in [3.8, 4) is 11.1 Å². The lowest BCUT2D eigenvalue weighted by Crippen LogP contribution is -2.57. The van der Waals surface area contributed by atoms with Gasteiger partial charge in [0.25, 0.3) is 0 Å². The van der Waals surface area contributed by atoms with Crippen molar-refractivity contribution < 1.29 is 29.0 Å². The fourth-order valence-corrected chi connectivity index (χ4v) is 5.17. The van der Waals surface area contributed by atoms with Crippen LogP contribution >= 0.6 is 0 Å². The molecule has 1 heterocycles. The van der Waals surface area contributed by atoms with Crippen molar-refractivity contribution in [1.29, 1.82) is 0 Å². The van der Waals surface area contributed by atoms with Gasteiger partial charge >= 0.3 is 12.1 Å². The number of likely N-dealkylation sites (tertiary alicyclic amines) is 1. The number of amides is 2. The van der Waals surface area contributed by atoms with Crippen LogP contribution in [-0.2, 0) is 19.1 Å². The molecule has 35 heavy (non-hydrogen) atoms. The number of piperidine rings is 1. The molecule has 3 unspecified atom stereocenters. The molecule has 0 radical (unpaired) electrons. The number of nitrogens with zero attached hydrogens (tertiary/aromatic N) is 1. The number of aliphatic carboxylic acids is 1. The van der Waals surface area contributed by atoms with Crippen LogP contribution in [0.5, 0.6) is 0 Å². The van der Waals surface area contributed by atoms with Gasteiger partial charge in [0, 0.05) is 25.6 Å². The third-order valence-corrected chi connectivity index (χ3v) is 7.04. The standard InChI is InChI=1S/C27H32N2O6/c1-17(34-2)25(26(32)29-14-8-7-9-18(29)15-24(30)31)28-27(33)35-16-23-21-12-5-3-10-19(21)20-11-4-6-13-22(20)23/h3-6,10-13,17-18,23,25H,7-9,14-16H2,1-2H3,(H,28,33)(H,30,31). The van der Waals surface area contributed by atoms with Gasteiger partial charge in [-0.2, -0.15) is 0 Å². The molecule has 186 valence electrons. The Balaban J connectivity index is 1.45. The van der Waals surface area contributed by atoms with Crippen molar-refractivity contribution in [2.75, 3.05) is 20.3 Å². The third kappa shape index (κ3) is 5.32. The van der Waals surface area contributed by atoms with Crippen LogP contribution in [0.1, 0.15) is 49.7 Å². The lowest BCUT2D eigenvalue weighted by molar-refractivity contribution is -0.144. The van der Waals surface area contributed by atoms with Gasteiger partial charge in [0.2, 0.25) is 5.91 Å². The topological polar surface area (TPSA) is 105 Å². The highest BCUT2D eigenvalue weighted by Gasteiger charge is 2.37. The smallest absolute Gasteiger partial charge is 0.407 e. The molecule has 0 bridgehead atoms. The van der Waals surface area contributed by atoms with E-state index in [1.54, 1.807) is 11.8 Å². The van der Waals surface area contributed by atoms with Crippen LogP contribution in [0, 0.1) is 0 Å². The Labute approximate surface area is 205 Å². The van der Waals surface area contributed by atoms with E-state index in [-0.39, 0.29) is 24.9 Å². The molecule has 4 rings (SSSR count). The number of alkyl carbamates (subject to hydrolysis) is 1. The van der Waals surface area contributed by atoms with Crippen molar-refractivity contribution in [3.63, 3.8) is 0 Å². The van der Waals surface area contributed by atoms with E-state index in [1.807, 2.05) is 36.4 Å². The molecule has 1 fully saturated rings. The molecule has 2 aromatic rings. The first-order chi connectivity index (χ1) is 16.9. The number of methoxy groups -OCH3 is 1. The molecule has 2 amide bonds. The van der Waals surface area contributed by atoms with E-state index >= 15 is 0 Å². The average Bonchev–Trinajstić information content (AvgIpc) is 3.19. The molecular formula is C27H32N2O6. The number of hydrogen-bond acceptors (Lipinski definition) is 5. The summed E-state index contributed by atoms with van der Waals surface area (Å²) >= 11 is 0. The molecule has 1 saturated heterocycles. The number of carbonyl (C=O) groups excluding carboxylic acids is 2. The predicted octanol–water partition coefficient (Wildman–Crippen LogP) is 3.78. The summed E-state index contributed by atoms with van der Waals surface area (Å²) in [5.74, 6) is -1.39. The molecule has 1 aliphatic carbocycles. The van der Waals surface area contributed by atoms with E-state index < -0.39 is 30.3 Å². The lowest BCUT2D eigenvalue weighted by Gasteiger charge is -2.38. The molecule has 0 aromatic heterocycles. The first-order valence-electron chi connectivity index (χ1n) is 12.1. The minimum Gasteiger partial charge on any atom is -0.481 e.